The molecular weight excluding hydrogens is 218 g/mol. The van der Waals surface area contributed by atoms with Gasteiger partial charge in [-0.3, -0.25) is 4.79 Å². The Morgan fingerprint density at radius 1 is 1.35 bits per heavy atom. The summed E-state index contributed by atoms with van der Waals surface area (Å²) in [7, 11) is 3.55. The standard InChI is InChI=1S/C5H9NO.C5H12O.C3H8O/c1-6-4-2-3-5(6)7;1-5(2,3)6-4;1-3(2)4/h2-4H2,1H3;1-4H3;3-4H,1-2H3. The fourth-order valence-corrected chi connectivity index (χ4v) is 0.783. The Kier molecular flexibility index (Phi) is 10.4. The number of methoxy groups -OCH3 is 1. The van der Waals surface area contributed by atoms with Crippen molar-refractivity contribution in [3.8, 4) is 0 Å². The molecule has 1 aliphatic heterocycles. The number of aliphatic hydroxyl groups is 1. The normalized spacial score (nSPS) is 15.1. The molecule has 0 bridgehead atoms. The molecule has 0 aliphatic carbocycles. The molecule has 104 valence electrons. The third-order valence-corrected chi connectivity index (χ3v) is 1.92. The summed E-state index contributed by atoms with van der Waals surface area (Å²) in [6, 6.07) is 0. The molecule has 1 fully saturated rings. The average molecular weight is 247 g/mol. The van der Waals surface area contributed by atoms with Crippen molar-refractivity contribution in [1.29, 1.82) is 0 Å². The van der Waals surface area contributed by atoms with Crippen molar-refractivity contribution in [2.45, 2.75) is 59.2 Å². The molecule has 0 aromatic heterocycles. The maximum absolute atomic E-state index is 10.5. The summed E-state index contributed by atoms with van der Waals surface area (Å²) in [5.74, 6) is 0.292. The number of hydrogen-bond donors (Lipinski definition) is 1. The van der Waals surface area contributed by atoms with E-state index in [0.717, 1.165) is 19.4 Å². The van der Waals surface area contributed by atoms with Gasteiger partial charge >= 0.3 is 0 Å². The Hall–Kier alpha value is -0.610. The first-order valence-electron chi connectivity index (χ1n) is 6.07. The zero-order valence-corrected chi connectivity index (χ0v) is 12.4. The molecular formula is C13H29NO3. The summed E-state index contributed by atoms with van der Waals surface area (Å²) in [4.78, 5) is 12.3. The first kappa shape index (κ1) is 18.7. The zero-order valence-electron chi connectivity index (χ0n) is 12.4. The van der Waals surface area contributed by atoms with Crippen LogP contribution in [0.1, 0.15) is 47.5 Å². The van der Waals surface area contributed by atoms with Gasteiger partial charge in [0.1, 0.15) is 0 Å². The monoisotopic (exact) mass is 247 g/mol. The molecule has 0 atom stereocenters. The highest BCUT2D eigenvalue weighted by Crippen LogP contribution is 2.04. The van der Waals surface area contributed by atoms with Gasteiger partial charge in [0.2, 0.25) is 5.91 Å². The van der Waals surface area contributed by atoms with Gasteiger partial charge in [-0.15, -0.1) is 0 Å². The number of carbonyl (C=O) groups excluding carboxylic acids is 1. The van der Waals surface area contributed by atoms with Gasteiger partial charge in [0.25, 0.3) is 0 Å². The molecule has 1 rings (SSSR count). The van der Waals surface area contributed by atoms with Gasteiger partial charge in [-0.2, -0.15) is 0 Å². The topological polar surface area (TPSA) is 49.8 Å². The van der Waals surface area contributed by atoms with Crippen LogP contribution in [0.2, 0.25) is 0 Å². The molecule has 1 heterocycles. The molecule has 17 heavy (non-hydrogen) atoms. The zero-order chi connectivity index (χ0) is 14.1. The number of hydrogen-bond acceptors (Lipinski definition) is 3. The van der Waals surface area contributed by atoms with Gasteiger partial charge in [-0.05, 0) is 41.0 Å². The van der Waals surface area contributed by atoms with Crippen LogP contribution in [0.4, 0.5) is 0 Å². The van der Waals surface area contributed by atoms with E-state index in [1.54, 1.807) is 25.9 Å². The lowest BCUT2D eigenvalue weighted by Gasteiger charge is -2.14. The summed E-state index contributed by atoms with van der Waals surface area (Å²) >= 11 is 0. The van der Waals surface area contributed by atoms with Crippen molar-refractivity contribution in [3.05, 3.63) is 0 Å². The maximum atomic E-state index is 10.5. The molecule has 0 aromatic rings. The Labute approximate surface area is 106 Å². The van der Waals surface area contributed by atoms with E-state index in [1.165, 1.54) is 0 Å². The van der Waals surface area contributed by atoms with Crippen LogP contribution >= 0.6 is 0 Å². The van der Waals surface area contributed by atoms with Crippen LogP contribution in [-0.4, -0.2) is 48.3 Å². The highest BCUT2D eigenvalue weighted by molar-refractivity contribution is 5.77. The summed E-state index contributed by atoms with van der Waals surface area (Å²) in [5, 5.41) is 8.06. The van der Waals surface area contributed by atoms with Crippen molar-refractivity contribution >= 4 is 5.91 Å². The first-order chi connectivity index (χ1) is 7.60. The summed E-state index contributed by atoms with van der Waals surface area (Å²) in [6.07, 6.45) is 1.64. The van der Waals surface area contributed by atoms with Gasteiger partial charge < -0.3 is 14.7 Å². The summed E-state index contributed by atoms with van der Waals surface area (Å²) < 4.78 is 4.94. The van der Waals surface area contributed by atoms with Crippen LogP contribution in [0.25, 0.3) is 0 Å². The second-order valence-electron chi connectivity index (χ2n) is 5.33. The second-order valence-corrected chi connectivity index (χ2v) is 5.33. The minimum absolute atomic E-state index is 0.0417. The van der Waals surface area contributed by atoms with Crippen molar-refractivity contribution in [3.63, 3.8) is 0 Å². The van der Waals surface area contributed by atoms with E-state index in [0.29, 0.717) is 5.91 Å². The van der Waals surface area contributed by atoms with Crippen molar-refractivity contribution in [2.75, 3.05) is 20.7 Å². The predicted molar refractivity (Wildman–Crippen MR) is 71.0 cm³/mol. The van der Waals surface area contributed by atoms with E-state index >= 15 is 0 Å². The quantitative estimate of drug-likeness (QED) is 0.713. The molecule has 0 unspecified atom stereocenters. The van der Waals surface area contributed by atoms with Crippen molar-refractivity contribution in [2.24, 2.45) is 0 Å². The van der Waals surface area contributed by atoms with Crippen LogP contribution in [0.3, 0.4) is 0 Å². The fourth-order valence-electron chi connectivity index (χ4n) is 0.783. The number of rotatable bonds is 0. The first-order valence-corrected chi connectivity index (χ1v) is 6.07. The molecule has 1 saturated heterocycles. The second kappa shape index (κ2) is 9.42. The third kappa shape index (κ3) is 18.0. The largest absolute Gasteiger partial charge is 0.394 e. The number of amides is 1. The number of nitrogens with zero attached hydrogens (tertiary/aromatic N) is 1. The molecule has 1 N–H and O–H groups in total. The van der Waals surface area contributed by atoms with Gasteiger partial charge in [-0.25, -0.2) is 0 Å². The van der Waals surface area contributed by atoms with E-state index in [1.807, 2.05) is 27.8 Å². The Balaban J connectivity index is 0. The Morgan fingerprint density at radius 3 is 1.76 bits per heavy atom. The molecule has 4 heteroatoms. The van der Waals surface area contributed by atoms with E-state index in [2.05, 4.69) is 0 Å². The Morgan fingerprint density at radius 2 is 1.71 bits per heavy atom. The number of aliphatic hydroxyl groups excluding tert-OH is 1. The van der Waals surface area contributed by atoms with E-state index in [9.17, 15) is 4.79 Å². The smallest absolute Gasteiger partial charge is 0.222 e. The van der Waals surface area contributed by atoms with Gasteiger partial charge in [0.05, 0.1) is 5.60 Å². The van der Waals surface area contributed by atoms with E-state index < -0.39 is 0 Å². The Bertz CT molecular complexity index is 195. The van der Waals surface area contributed by atoms with Gasteiger partial charge in [0, 0.05) is 33.2 Å². The lowest BCUT2D eigenvalue weighted by atomic mass is 10.2. The SMILES string of the molecule is CC(C)O.CN1CCCC1=O.COC(C)(C)C. The number of ether oxygens (including phenoxy) is 1. The van der Waals surface area contributed by atoms with E-state index in [-0.39, 0.29) is 11.7 Å². The van der Waals surface area contributed by atoms with Crippen molar-refractivity contribution in [1.82, 2.24) is 4.90 Å². The van der Waals surface area contributed by atoms with Crippen LogP contribution in [0, 0.1) is 0 Å². The molecule has 1 amide bonds. The average Bonchev–Trinajstić information content (AvgIpc) is 2.50. The highest BCUT2D eigenvalue weighted by Gasteiger charge is 2.14. The molecule has 0 radical (unpaired) electrons. The number of carbonyl (C=O) groups is 1. The van der Waals surface area contributed by atoms with Crippen LogP contribution < -0.4 is 0 Å². The van der Waals surface area contributed by atoms with Crippen LogP contribution in [0.15, 0.2) is 0 Å². The van der Waals surface area contributed by atoms with Gasteiger partial charge in [-0.1, -0.05) is 0 Å². The van der Waals surface area contributed by atoms with Crippen molar-refractivity contribution < 1.29 is 14.6 Å². The fraction of sp³-hybridized carbons (Fsp3) is 0.923. The van der Waals surface area contributed by atoms with Gasteiger partial charge in [0.15, 0.2) is 0 Å². The highest BCUT2D eigenvalue weighted by atomic mass is 16.5. The third-order valence-electron chi connectivity index (χ3n) is 1.92. The molecule has 4 nitrogen and oxygen atoms in total. The molecule has 1 aliphatic rings. The van der Waals surface area contributed by atoms with E-state index in [4.69, 9.17) is 9.84 Å². The molecule has 0 spiro atoms. The lowest BCUT2D eigenvalue weighted by molar-refractivity contribution is -0.126. The summed E-state index contributed by atoms with van der Waals surface area (Å²) in [5.41, 5.74) is 0.0417. The van der Waals surface area contributed by atoms with Crippen LogP contribution in [0.5, 0.6) is 0 Å². The lowest BCUT2D eigenvalue weighted by Crippen LogP contribution is -2.17. The molecule has 0 saturated carbocycles. The number of likely N-dealkylation sites (tertiary alicyclic amines) is 1. The summed E-state index contributed by atoms with van der Waals surface area (Å²) in [6.45, 7) is 10.5. The predicted octanol–water partition coefficient (Wildman–Crippen LogP) is 2.06. The minimum Gasteiger partial charge on any atom is -0.394 e. The minimum atomic E-state index is -0.167. The maximum Gasteiger partial charge on any atom is 0.222 e. The molecule has 0 aromatic carbocycles. The van der Waals surface area contributed by atoms with Crippen LogP contribution in [-0.2, 0) is 9.53 Å².